The summed E-state index contributed by atoms with van der Waals surface area (Å²) in [4.78, 5) is 23.3. The van der Waals surface area contributed by atoms with E-state index in [2.05, 4.69) is 10.2 Å². The summed E-state index contributed by atoms with van der Waals surface area (Å²) >= 11 is 1.46. The first-order valence-corrected chi connectivity index (χ1v) is 7.00. The first-order chi connectivity index (χ1) is 8.25. The number of rotatable bonds is 3. The third-order valence-corrected chi connectivity index (χ3v) is 4.61. The normalized spacial score (nSPS) is 25.2. The van der Waals surface area contributed by atoms with Crippen molar-refractivity contribution < 1.29 is 4.79 Å². The number of carbonyl (C=O) groups excluding carboxylic acids is 1. The van der Waals surface area contributed by atoms with E-state index in [-0.39, 0.29) is 10.9 Å². The molecule has 1 heterocycles. The smallest absolute Gasteiger partial charge is 0.298 e. The molecule has 3 rings (SSSR count). The maximum absolute atomic E-state index is 11.8. The maximum Gasteiger partial charge on any atom is 0.344 e. The van der Waals surface area contributed by atoms with Crippen molar-refractivity contribution in [2.45, 2.75) is 55.0 Å². The van der Waals surface area contributed by atoms with Gasteiger partial charge in [0.2, 0.25) is 0 Å². The molecular formula is C11H15N3O2S. The lowest BCUT2D eigenvalue weighted by molar-refractivity contribution is -0.119. The Morgan fingerprint density at radius 1 is 1.24 bits per heavy atom. The fourth-order valence-electron chi connectivity index (χ4n) is 2.23. The topological polar surface area (TPSA) is 67.8 Å². The second kappa shape index (κ2) is 4.33. The molecule has 0 saturated heterocycles. The van der Waals surface area contributed by atoms with Crippen LogP contribution in [-0.2, 0) is 4.79 Å². The minimum Gasteiger partial charge on any atom is -0.298 e. The van der Waals surface area contributed by atoms with Crippen LogP contribution in [-0.4, -0.2) is 25.8 Å². The molecule has 0 bridgehead atoms. The van der Waals surface area contributed by atoms with Gasteiger partial charge in [-0.1, -0.05) is 18.2 Å². The van der Waals surface area contributed by atoms with Gasteiger partial charge in [0.05, 0.1) is 5.25 Å². The van der Waals surface area contributed by atoms with Crippen molar-refractivity contribution in [3.8, 4) is 0 Å². The van der Waals surface area contributed by atoms with E-state index in [0.29, 0.717) is 23.4 Å². The van der Waals surface area contributed by atoms with E-state index in [9.17, 15) is 9.59 Å². The lowest BCUT2D eigenvalue weighted by atomic mass is 9.99. The Bertz CT molecular complexity index is 489. The number of thioether (sulfide) groups is 1. The van der Waals surface area contributed by atoms with Crippen molar-refractivity contribution >= 4 is 17.5 Å². The van der Waals surface area contributed by atoms with Gasteiger partial charge in [-0.2, -0.15) is 0 Å². The van der Waals surface area contributed by atoms with Crippen LogP contribution in [0.2, 0.25) is 0 Å². The molecule has 1 N–H and O–H groups in total. The molecule has 0 amide bonds. The Morgan fingerprint density at radius 2 is 2.06 bits per heavy atom. The second-order valence-corrected chi connectivity index (χ2v) is 5.90. The Labute approximate surface area is 103 Å². The van der Waals surface area contributed by atoms with Gasteiger partial charge < -0.3 is 0 Å². The summed E-state index contributed by atoms with van der Waals surface area (Å²) in [5.41, 5.74) is -0.141. The highest BCUT2D eigenvalue weighted by atomic mass is 32.2. The third-order valence-electron chi connectivity index (χ3n) is 3.33. The molecule has 0 spiro atoms. The fraction of sp³-hybridized carbons (Fsp3) is 0.727. The summed E-state index contributed by atoms with van der Waals surface area (Å²) in [5, 5.41) is 7.22. The summed E-state index contributed by atoms with van der Waals surface area (Å²) in [5.74, 6) is 0.305. The largest absolute Gasteiger partial charge is 0.344 e. The van der Waals surface area contributed by atoms with Crippen molar-refractivity contribution in [3.05, 3.63) is 10.5 Å². The summed E-state index contributed by atoms with van der Waals surface area (Å²) in [7, 11) is 0. The van der Waals surface area contributed by atoms with E-state index in [4.69, 9.17) is 0 Å². The SMILES string of the molecule is O=C1CCCCC1Sc1n[nH]c(=O)n1C1CC1. The molecule has 0 aromatic carbocycles. The van der Waals surface area contributed by atoms with Crippen LogP contribution in [0.3, 0.4) is 0 Å². The predicted molar refractivity (Wildman–Crippen MR) is 64.2 cm³/mol. The second-order valence-electron chi connectivity index (χ2n) is 4.73. The lowest BCUT2D eigenvalue weighted by Crippen LogP contribution is -2.23. The molecule has 5 nitrogen and oxygen atoms in total. The van der Waals surface area contributed by atoms with Gasteiger partial charge in [0, 0.05) is 12.5 Å². The molecule has 92 valence electrons. The van der Waals surface area contributed by atoms with E-state index in [1.807, 2.05) is 0 Å². The van der Waals surface area contributed by atoms with Crippen molar-refractivity contribution in [3.63, 3.8) is 0 Å². The number of H-pyrrole nitrogens is 1. The van der Waals surface area contributed by atoms with Crippen molar-refractivity contribution in [1.29, 1.82) is 0 Å². The van der Waals surface area contributed by atoms with Crippen LogP contribution in [0.5, 0.6) is 0 Å². The minimum absolute atomic E-state index is 0.00329. The van der Waals surface area contributed by atoms with Crippen LogP contribution in [0.4, 0.5) is 0 Å². The van der Waals surface area contributed by atoms with Gasteiger partial charge in [0.15, 0.2) is 5.16 Å². The van der Waals surface area contributed by atoms with Crippen LogP contribution < -0.4 is 5.69 Å². The van der Waals surface area contributed by atoms with Crippen LogP contribution in [0, 0.1) is 0 Å². The number of nitrogens with zero attached hydrogens (tertiary/aromatic N) is 2. The highest BCUT2D eigenvalue weighted by molar-refractivity contribution is 8.00. The van der Waals surface area contributed by atoms with Gasteiger partial charge >= 0.3 is 5.69 Å². The molecule has 2 aliphatic carbocycles. The van der Waals surface area contributed by atoms with Gasteiger partial charge in [-0.05, 0) is 25.7 Å². The average Bonchev–Trinajstić information content (AvgIpc) is 3.08. The standard InChI is InChI=1S/C11H15N3O2S/c15-8-3-1-2-4-9(8)17-11-13-12-10(16)14(11)7-5-6-7/h7,9H,1-6H2,(H,12,16). The van der Waals surface area contributed by atoms with Gasteiger partial charge in [-0.15, -0.1) is 5.10 Å². The molecule has 1 unspecified atom stereocenters. The Morgan fingerprint density at radius 3 is 2.76 bits per heavy atom. The minimum atomic E-state index is -0.141. The van der Waals surface area contributed by atoms with Gasteiger partial charge in [-0.25, -0.2) is 9.89 Å². The molecule has 0 radical (unpaired) electrons. The molecule has 17 heavy (non-hydrogen) atoms. The predicted octanol–water partition coefficient (Wildman–Crippen LogP) is 1.51. The number of aromatic amines is 1. The van der Waals surface area contributed by atoms with E-state index in [1.54, 1.807) is 4.57 Å². The zero-order valence-corrected chi connectivity index (χ0v) is 10.3. The first kappa shape index (κ1) is 11.1. The average molecular weight is 253 g/mol. The molecule has 2 aliphatic rings. The van der Waals surface area contributed by atoms with Crippen LogP contribution in [0.1, 0.15) is 44.6 Å². The highest BCUT2D eigenvalue weighted by Gasteiger charge is 2.31. The van der Waals surface area contributed by atoms with Crippen LogP contribution in [0.25, 0.3) is 0 Å². The summed E-state index contributed by atoms with van der Waals surface area (Å²) in [6.07, 6.45) is 5.79. The molecule has 6 heteroatoms. The Hall–Kier alpha value is -1.04. The number of hydrogen-bond acceptors (Lipinski definition) is 4. The molecule has 1 aromatic heterocycles. The number of aromatic nitrogens is 3. The molecule has 2 fully saturated rings. The zero-order chi connectivity index (χ0) is 11.8. The zero-order valence-electron chi connectivity index (χ0n) is 9.52. The maximum atomic E-state index is 11.8. The van der Waals surface area contributed by atoms with Crippen LogP contribution >= 0.6 is 11.8 Å². The molecule has 0 aliphatic heterocycles. The monoisotopic (exact) mass is 253 g/mol. The number of Topliss-reactive ketones (excluding diaryl/α,β-unsaturated/α-hetero) is 1. The molecule has 2 saturated carbocycles. The van der Waals surface area contributed by atoms with Gasteiger partial charge in [-0.3, -0.25) is 9.36 Å². The van der Waals surface area contributed by atoms with Gasteiger partial charge in [0.25, 0.3) is 0 Å². The van der Waals surface area contributed by atoms with E-state index < -0.39 is 0 Å². The Kier molecular flexibility index (Phi) is 2.82. The number of hydrogen-bond donors (Lipinski definition) is 1. The van der Waals surface area contributed by atoms with Crippen molar-refractivity contribution in [2.24, 2.45) is 0 Å². The number of ketones is 1. The molecular weight excluding hydrogens is 238 g/mol. The van der Waals surface area contributed by atoms with E-state index >= 15 is 0 Å². The van der Waals surface area contributed by atoms with E-state index in [0.717, 1.165) is 32.1 Å². The fourth-order valence-corrected chi connectivity index (χ4v) is 3.46. The molecule has 1 aromatic rings. The van der Waals surface area contributed by atoms with Gasteiger partial charge in [0.1, 0.15) is 5.78 Å². The summed E-state index contributed by atoms with van der Waals surface area (Å²) in [6, 6.07) is 0.308. The lowest BCUT2D eigenvalue weighted by Gasteiger charge is -2.19. The number of carbonyl (C=O) groups is 1. The summed E-state index contributed by atoms with van der Waals surface area (Å²) < 4.78 is 1.71. The Balaban J connectivity index is 1.80. The van der Waals surface area contributed by atoms with Crippen molar-refractivity contribution in [1.82, 2.24) is 14.8 Å². The van der Waals surface area contributed by atoms with Crippen LogP contribution in [0.15, 0.2) is 9.95 Å². The molecule has 1 atom stereocenters. The first-order valence-electron chi connectivity index (χ1n) is 6.12. The quantitative estimate of drug-likeness (QED) is 0.886. The van der Waals surface area contributed by atoms with E-state index in [1.165, 1.54) is 11.8 Å². The number of nitrogens with one attached hydrogen (secondary N) is 1. The highest BCUT2D eigenvalue weighted by Crippen LogP contribution is 2.38. The summed E-state index contributed by atoms with van der Waals surface area (Å²) in [6.45, 7) is 0. The third kappa shape index (κ3) is 2.18. The van der Waals surface area contributed by atoms with Crippen molar-refractivity contribution in [2.75, 3.05) is 0 Å².